The zero-order valence-electron chi connectivity index (χ0n) is 8.97. The maximum absolute atomic E-state index is 9.64. The molecule has 0 aromatic rings. The maximum atomic E-state index is 9.64. The van der Waals surface area contributed by atoms with Crippen molar-refractivity contribution in [1.29, 1.82) is 0 Å². The van der Waals surface area contributed by atoms with Gasteiger partial charge in [-0.3, -0.25) is 4.90 Å². The Kier molecular flexibility index (Phi) is 2.68. The van der Waals surface area contributed by atoms with Crippen molar-refractivity contribution in [3.8, 4) is 0 Å². The number of likely N-dealkylation sites (tertiary alicyclic amines) is 1. The predicted octanol–water partition coefficient (Wildman–Crippen LogP) is 0.347. The molecule has 2 heterocycles. The fraction of sp³-hybridized carbons (Fsp3) is 1.00. The molecule has 4 nitrogen and oxygen atoms in total. The Labute approximate surface area is 90.2 Å². The van der Waals surface area contributed by atoms with Gasteiger partial charge < -0.3 is 14.6 Å². The number of nitrogens with zero attached hydrogens (tertiary/aromatic N) is 1. The van der Waals surface area contributed by atoms with E-state index in [1.165, 1.54) is 0 Å². The molecule has 4 heteroatoms. The number of aliphatic hydroxyl groups excluding tert-OH is 1. The molecule has 1 unspecified atom stereocenters. The Hall–Kier alpha value is -0.160. The van der Waals surface area contributed by atoms with E-state index in [-0.39, 0.29) is 12.4 Å². The molecule has 1 N–H and O–H groups in total. The monoisotopic (exact) mass is 213 g/mol. The van der Waals surface area contributed by atoms with Crippen molar-refractivity contribution >= 4 is 0 Å². The van der Waals surface area contributed by atoms with Crippen LogP contribution in [0, 0.1) is 0 Å². The summed E-state index contributed by atoms with van der Waals surface area (Å²) < 4.78 is 11.0. The first kappa shape index (κ1) is 10.0. The number of hydrogen-bond donors (Lipinski definition) is 1. The van der Waals surface area contributed by atoms with Crippen LogP contribution in [0.4, 0.5) is 0 Å². The Morgan fingerprint density at radius 2 is 2.00 bits per heavy atom. The Morgan fingerprint density at radius 1 is 1.20 bits per heavy atom. The smallest absolute Gasteiger partial charge is 0.158 e. The molecule has 0 aromatic carbocycles. The van der Waals surface area contributed by atoms with E-state index in [1.54, 1.807) is 0 Å². The molecule has 1 saturated carbocycles. The first-order chi connectivity index (χ1) is 7.36. The molecular weight excluding hydrogens is 194 g/mol. The fourth-order valence-electron chi connectivity index (χ4n) is 2.95. The van der Waals surface area contributed by atoms with Crippen molar-refractivity contribution in [1.82, 2.24) is 4.90 Å². The third-order valence-corrected chi connectivity index (χ3v) is 3.79. The molecule has 15 heavy (non-hydrogen) atoms. The van der Waals surface area contributed by atoms with Crippen molar-refractivity contribution in [3.63, 3.8) is 0 Å². The predicted molar refractivity (Wildman–Crippen MR) is 54.4 cm³/mol. The number of piperidine rings is 1. The number of aliphatic hydroxyl groups is 1. The average molecular weight is 213 g/mol. The number of hydrogen-bond acceptors (Lipinski definition) is 4. The van der Waals surface area contributed by atoms with Gasteiger partial charge in [-0.25, -0.2) is 0 Å². The van der Waals surface area contributed by atoms with E-state index in [2.05, 4.69) is 4.90 Å². The van der Waals surface area contributed by atoms with Crippen LogP contribution in [0.5, 0.6) is 0 Å². The van der Waals surface area contributed by atoms with Crippen LogP contribution >= 0.6 is 0 Å². The van der Waals surface area contributed by atoms with Crippen molar-refractivity contribution in [2.75, 3.05) is 19.8 Å². The van der Waals surface area contributed by atoms with Crippen LogP contribution in [0.1, 0.15) is 25.7 Å². The van der Waals surface area contributed by atoms with E-state index < -0.39 is 0 Å². The lowest BCUT2D eigenvalue weighted by Gasteiger charge is -2.23. The molecule has 3 fully saturated rings. The van der Waals surface area contributed by atoms with E-state index >= 15 is 0 Å². The van der Waals surface area contributed by atoms with E-state index in [0.717, 1.165) is 45.4 Å². The van der Waals surface area contributed by atoms with E-state index in [1.807, 2.05) is 0 Å². The summed E-state index contributed by atoms with van der Waals surface area (Å²) in [6.45, 7) is 2.68. The summed E-state index contributed by atoms with van der Waals surface area (Å²) in [5.41, 5.74) is 0. The van der Waals surface area contributed by atoms with Crippen molar-refractivity contribution in [2.45, 2.75) is 50.2 Å². The minimum atomic E-state index is -0.0804. The lowest BCUT2D eigenvalue weighted by atomic mass is 10.3. The molecule has 3 aliphatic rings. The van der Waals surface area contributed by atoms with Crippen LogP contribution in [-0.4, -0.2) is 54.2 Å². The molecule has 0 bridgehead atoms. The summed E-state index contributed by atoms with van der Waals surface area (Å²) in [6.07, 6.45) is 4.03. The maximum Gasteiger partial charge on any atom is 0.158 e. The van der Waals surface area contributed by atoms with Gasteiger partial charge in [-0.2, -0.15) is 0 Å². The largest absolute Gasteiger partial charge is 0.391 e. The Bertz CT molecular complexity index is 230. The Balaban J connectivity index is 1.40. The first-order valence-corrected chi connectivity index (χ1v) is 6.03. The topological polar surface area (TPSA) is 41.7 Å². The second-order valence-electron chi connectivity index (χ2n) is 4.75. The van der Waals surface area contributed by atoms with Gasteiger partial charge in [0.15, 0.2) is 6.29 Å². The molecular formula is C11H19NO3. The normalized spacial score (nSPS) is 45.4. The van der Waals surface area contributed by atoms with Gasteiger partial charge in [0.2, 0.25) is 0 Å². The first-order valence-electron chi connectivity index (χ1n) is 6.03. The van der Waals surface area contributed by atoms with Crippen LogP contribution < -0.4 is 0 Å². The molecule has 86 valence electrons. The van der Waals surface area contributed by atoms with Crippen LogP contribution in [0.2, 0.25) is 0 Å². The highest BCUT2D eigenvalue weighted by Gasteiger charge is 2.55. The zero-order valence-corrected chi connectivity index (χ0v) is 8.97. The molecule has 0 aromatic heterocycles. The molecule has 1 aliphatic carbocycles. The summed E-state index contributed by atoms with van der Waals surface area (Å²) in [4.78, 5) is 2.38. The fourth-order valence-corrected chi connectivity index (χ4v) is 2.95. The highest BCUT2D eigenvalue weighted by molar-refractivity contribution is 5.11. The summed E-state index contributed by atoms with van der Waals surface area (Å²) in [5.74, 6) is 0. The minimum absolute atomic E-state index is 0.00257. The third kappa shape index (κ3) is 1.91. The van der Waals surface area contributed by atoms with Gasteiger partial charge >= 0.3 is 0 Å². The standard InChI is InChI=1S/C11H19NO3/c13-9-3-2-8-11(9)12(8)5-4-10-14-6-1-7-15-10/h8-11,13H,1-7H2/t8-,9-,11-,12?/m1/s1. The quantitative estimate of drug-likeness (QED) is 0.687. The van der Waals surface area contributed by atoms with E-state index in [0.29, 0.717) is 12.1 Å². The van der Waals surface area contributed by atoms with Gasteiger partial charge in [-0.05, 0) is 19.3 Å². The van der Waals surface area contributed by atoms with E-state index in [9.17, 15) is 5.11 Å². The molecule has 0 spiro atoms. The van der Waals surface area contributed by atoms with Gasteiger partial charge in [0.05, 0.1) is 25.4 Å². The SMILES string of the molecule is O[C@@H]1CC[C@@H]2[C@H]1N2CCC1OCCCO1. The van der Waals surface area contributed by atoms with Gasteiger partial charge in [0.25, 0.3) is 0 Å². The van der Waals surface area contributed by atoms with Crippen LogP contribution in [0.25, 0.3) is 0 Å². The highest BCUT2D eigenvalue weighted by atomic mass is 16.7. The second kappa shape index (κ2) is 4.01. The second-order valence-corrected chi connectivity index (χ2v) is 4.75. The van der Waals surface area contributed by atoms with Crippen molar-refractivity contribution < 1.29 is 14.6 Å². The number of fused-ring (bicyclic) bond motifs is 1. The lowest BCUT2D eigenvalue weighted by molar-refractivity contribution is -0.181. The van der Waals surface area contributed by atoms with Gasteiger partial charge in [0, 0.05) is 19.0 Å². The molecule has 0 radical (unpaired) electrons. The van der Waals surface area contributed by atoms with E-state index in [4.69, 9.17) is 9.47 Å². The minimum Gasteiger partial charge on any atom is -0.391 e. The summed E-state index contributed by atoms with van der Waals surface area (Å²) in [7, 11) is 0. The number of rotatable bonds is 3. The van der Waals surface area contributed by atoms with Crippen molar-refractivity contribution in [2.24, 2.45) is 0 Å². The number of ether oxygens (including phenoxy) is 2. The van der Waals surface area contributed by atoms with Crippen LogP contribution in [-0.2, 0) is 9.47 Å². The highest BCUT2D eigenvalue weighted by Crippen LogP contribution is 2.42. The summed E-state index contributed by atoms with van der Waals surface area (Å²) >= 11 is 0. The molecule has 3 rings (SSSR count). The Morgan fingerprint density at radius 3 is 2.67 bits per heavy atom. The van der Waals surface area contributed by atoms with Crippen molar-refractivity contribution in [3.05, 3.63) is 0 Å². The zero-order chi connectivity index (χ0) is 10.3. The van der Waals surface area contributed by atoms with Gasteiger partial charge in [-0.1, -0.05) is 0 Å². The summed E-state index contributed by atoms with van der Waals surface area (Å²) in [6, 6.07) is 1.11. The lowest BCUT2D eigenvalue weighted by Crippen LogP contribution is -2.28. The summed E-state index contributed by atoms with van der Waals surface area (Å²) in [5, 5.41) is 9.64. The van der Waals surface area contributed by atoms with Gasteiger partial charge in [0.1, 0.15) is 0 Å². The molecule has 2 saturated heterocycles. The third-order valence-electron chi connectivity index (χ3n) is 3.79. The van der Waals surface area contributed by atoms with Crippen LogP contribution in [0.15, 0.2) is 0 Å². The average Bonchev–Trinajstić information content (AvgIpc) is 2.85. The molecule has 0 amide bonds. The molecule has 2 aliphatic heterocycles. The van der Waals surface area contributed by atoms with Gasteiger partial charge in [-0.15, -0.1) is 0 Å². The molecule has 4 atom stereocenters. The van der Waals surface area contributed by atoms with Crippen LogP contribution in [0.3, 0.4) is 0 Å².